The fourth-order valence-corrected chi connectivity index (χ4v) is 2.72. The summed E-state index contributed by atoms with van der Waals surface area (Å²) in [7, 11) is 0. The quantitative estimate of drug-likeness (QED) is 0.772. The Hall–Kier alpha value is -1.95. The lowest BCUT2D eigenvalue weighted by molar-refractivity contribution is -0.130. The van der Waals surface area contributed by atoms with Crippen LogP contribution >= 0.6 is 0 Å². The first-order chi connectivity index (χ1) is 9.99. The summed E-state index contributed by atoms with van der Waals surface area (Å²) in [5.74, 6) is -0.635. The van der Waals surface area contributed by atoms with Crippen LogP contribution in [0.15, 0.2) is 24.5 Å². The highest BCUT2D eigenvalue weighted by Gasteiger charge is 2.37. The largest absolute Gasteiger partial charge is 0.347 e. The van der Waals surface area contributed by atoms with Gasteiger partial charge in [0.05, 0.1) is 24.3 Å². The molecule has 2 unspecified atom stereocenters. The van der Waals surface area contributed by atoms with Gasteiger partial charge in [-0.05, 0) is 31.9 Å². The van der Waals surface area contributed by atoms with Crippen molar-refractivity contribution in [2.45, 2.75) is 38.1 Å². The molecular formula is C15H22N4O2. The number of hydrogen-bond acceptors (Lipinski definition) is 4. The lowest BCUT2D eigenvalue weighted by Crippen LogP contribution is -2.53. The molecule has 6 heteroatoms. The lowest BCUT2D eigenvalue weighted by Gasteiger charge is -2.37. The van der Waals surface area contributed by atoms with Crippen molar-refractivity contribution >= 4 is 17.5 Å². The topological polar surface area (TPSA) is 97.1 Å². The third-order valence-corrected chi connectivity index (χ3v) is 3.94. The molecule has 0 saturated heterocycles. The molecule has 1 aromatic heterocycles. The van der Waals surface area contributed by atoms with E-state index in [1.54, 1.807) is 24.5 Å². The number of aromatic nitrogens is 1. The zero-order valence-electron chi connectivity index (χ0n) is 12.3. The number of hydrogen-bond donors (Lipinski definition) is 3. The summed E-state index contributed by atoms with van der Waals surface area (Å²) in [6, 6.07) is 3.47. The summed E-state index contributed by atoms with van der Waals surface area (Å²) in [6.07, 6.45) is 6.86. The summed E-state index contributed by atoms with van der Waals surface area (Å²) in [5, 5.41) is 5.35. The van der Waals surface area contributed by atoms with Crippen LogP contribution in [0.2, 0.25) is 0 Å². The Labute approximate surface area is 124 Å². The van der Waals surface area contributed by atoms with Gasteiger partial charge in [-0.2, -0.15) is 0 Å². The number of nitrogens with zero attached hydrogens (tertiary/aromatic N) is 1. The molecule has 2 rings (SSSR count). The predicted molar refractivity (Wildman–Crippen MR) is 80.4 cm³/mol. The Balaban J connectivity index is 1.82. The van der Waals surface area contributed by atoms with Crippen LogP contribution in [0, 0.1) is 5.92 Å². The molecule has 0 spiro atoms. The van der Waals surface area contributed by atoms with Gasteiger partial charge in [0.25, 0.3) is 0 Å². The van der Waals surface area contributed by atoms with Crippen LogP contribution in [0.25, 0.3) is 0 Å². The van der Waals surface area contributed by atoms with Gasteiger partial charge in [0, 0.05) is 11.7 Å². The Morgan fingerprint density at radius 3 is 2.95 bits per heavy atom. The first-order valence-electron chi connectivity index (χ1n) is 7.25. The number of carbonyl (C=O) groups excluding carboxylic acids is 2. The number of amides is 2. The molecule has 1 heterocycles. The number of nitrogens with two attached hydrogens (primary N) is 1. The molecule has 114 valence electrons. The highest BCUT2D eigenvalue weighted by molar-refractivity contribution is 5.94. The Morgan fingerprint density at radius 1 is 1.48 bits per heavy atom. The minimum absolute atomic E-state index is 0.0553. The second kappa shape index (κ2) is 6.67. The van der Waals surface area contributed by atoms with Crippen LogP contribution in [-0.4, -0.2) is 28.9 Å². The molecule has 0 radical (unpaired) electrons. The molecule has 1 fully saturated rings. The third kappa shape index (κ3) is 4.26. The predicted octanol–water partition coefficient (Wildman–Crippen LogP) is 1.04. The highest BCUT2D eigenvalue weighted by atomic mass is 16.2. The van der Waals surface area contributed by atoms with E-state index >= 15 is 0 Å². The van der Waals surface area contributed by atoms with E-state index in [9.17, 15) is 9.59 Å². The van der Waals surface area contributed by atoms with Gasteiger partial charge in [-0.3, -0.25) is 14.6 Å². The minimum Gasteiger partial charge on any atom is -0.347 e. The molecule has 0 bridgehead atoms. The third-order valence-electron chi connectivity index (χ3n) is 3.94. The van der Waals surface area contributed by atoms with Crippen molar-refractivity contribution in [2.24, 2.45) is 11.7 Å². The average Bonchev–Trinajstić information content (AvgIpc) is 2.45. The van der Waals surface area contributed by atoms with E-state index in [2.05, 4.69) is 15.6 Å². The molecule has 21 heavy (non-hydrogen) atoms. The maximum absolute atomic E-state index is 12.2. The molecular weight excluding hydrogens is 268 g/mol. The summed E-state index contributed by atoms with van der Waals surface area (Å²) in [4.78, 5) is 27.9. The van der Waals surface area contributed by atoms with Crippen molar-refractivity contribution in [2.75, 3.05) is 11.9 Å². The maximum atomic E-state index is 12.2. The van der Waals surface area contributed by atoms with E-state index in [1.807, 2.05) is 6.92 Å². The Kier molecular flexibility index (Phi) is 4.90. The molecule has 2 amide bonds. The molecule has 1 aliphatic carbocycles. The van der Waals surface area contributed by atoms with Gasteiger partial charge in [-0.1, -0.05) is 12.8 Å². The van der Waals surface area contributed by atoms with E-state index in [4.69, 9.17) is 5.73 Å². The average molecular weight is 290 g/mol. The zero-order valence-corrected chi connectivity index (χ0v) is 12.3. The summed E-state index contributed by atoms with van der Waals surface area (Å²) < 4.78 is 0. The van der Waals surface area contributed by atoms with Gasteiger partial charge < -0.3 is 16.4 Å². The van der Waals surface area contributed by atoms with Crippen LogP contribution < -0.4 is 16.4 Å². The normalized spacial score (nSPS) is 25.1. The summed E-state index contributed by atoms with van der Waals surface area (Å²) >= 11 is 0. The van der Waals surface area contributed by atoms with E-state index in [0.29, 0.717) is 5.69 Å². The minimum atomic E-state index is -0.484. The number of rotatable bonds is 4. The number of nitrogens with one attached hydrogen (secondary N) is 2. The van der Waals surface area contributed by atoms with Crippen molar-refractivity contribution in [1.82, 2.24) is 10.3 Å². The van der Waals surface area contributed by atoms with Crippen LogP contribution in [-0.2, 0) is 9.59 Å². The molecule has 2 atom stereocenters. The highest BCUT2D eigenvalue weighted by Crippen LogP contribution is 2.31. The Bertz CT molecular complexity index is 502. The molecule has 0 aromatic carbocycles. The van der Waals surface area contributed by atoms with Crippen molar-refractivity contribution in [1.29, 1.82) is 0 Å². The smallest absolute Gasteiger partial charge is 0.243 e. The lowest BCUT2D eigenvalue weighted by atomic mass is 9.74. The number of anilines is 1. The van der Waals surface area contributed by atoms with Gasteiger partial charge >= 0.3 is 0 Å². The van der Waals surface area contributed by atoms with E-state index in [0.717, 1.165) is 25.7 Å². The molecule has 0 aliphatic heterocycles. The first kappa shape index (κ1) is 15.4. The van der Waals surface area contributed by atoms with Crippen LogP contribution in [0.5, 0.6) is 0 Å². The van der Waals surface area contributed by atoms with Crippen LogP contribution in [0.4, 0.5) is 5.69 Å². The van der Waals surface area contributed by atoms with Crippen molar-refractivity contribution in [3.8, 4) is 0 Å². The van der Waals surface area contributed by atoms with Gasteiger partial charge in [0.15, 0.2) is 0 Å². The van der Waals surface area contributed by atoms with Crippen molar-refractivity contribution in [3.05, 3.63) is 24.5 Å². The summed E-state index contributed by atoms with van der Waals surface area (Å²) in [5.41, 5.74) is 6.31. The number of carbonyl (C=O) groups is 2. The summed E-state index contributed by atoms with van der Waals surface area (Å²) in [6.45, 7) is 1.85. The SMILES string of the molecule is CC1(N)CCCCC1C(=O)NCC(=O)Nc1cccnc1. The molecule has 1 aromatic rings. The van der Waals surface area contributed by atoms with Crippen molar-refractivity contribution in [3.63, 3.8) is 0 Å². The van der Waals surface area contributed by atoms with Gasteiger partial charge in [-0.25, -0.2) is 0 Å². The second-order valence-corrected chi connectivity index (χ2v) is 5.81. The zero-order chi connectivity index (χ0) is 15.3. The molecule has 1 saturated carbocycles. The van der Waals surface area contributed by atoms with E-state index < -0.39 is 5.54 Å². The van der Waals surface area contributed by atoms with Crippen LogP contribution in [0.3, 0.4) is 0 Å². The maximum Gasteiger partial charge on any atom is 0.243 e. The Morgan fingerprint density at radius 2 is 2.29 bits per heavy atom. The fraction of sp³-hybridized carbons (Fsp3) is 0.533. The second-order valence-electron chi connectivity index (χ2n) is 5.81. The van der Waals surface area contributed by atoms with E-state index in [-0.39, 0.29) is 24.3 Å². The standard InChI is InChI=1S/C15H22N4O2/c1-15(16)7-3-2-6-12(15)14(21)18-10-13(20)19-11-5-4-8-17-9-11/h4-5,8-9,12H,2-3,6-7,10,16H2,1H3,(H,18,21)(H,19,20). The monoisotopic (exact) mass is 290 g/mol. The molecule has 6 nitrogen and oxygen atoms in total. The first-order valence-corrected chi connectivity index (χ1v) is 7.25. The van der Waals surface area contributed by atoms with Gasteiger partial charge in [0.1, 0.15) is 0 Å². The van der Waals surface area contributed by atoms with Crippen LogP contribution in [0.1, 0.15) is 32.6 Å². The van der Waals surface area contributed by atoms with Gasteiger partial charge in [0.2, 0.25) is 11.8 Å². The van der Waals surface area contributed by atoms with Gasteiger partial charge in [-0.15, -0.1) is 0 Å². The fourth-order valence-electron chi connectivity index (χ4n) is 2.72. The molecule has 1 aliphatic rings. The van der Waals surface area contributed by atoms with Crippen molar-refractivity contribution < 1.29 is 9.59 Å². The van der Waals surface area contributed by atoms with E-state index in [1.165, 1.54) is 0 Å². The molecule has 4 N–H and O–H groups in total. The number of pyridine rings is 1.